The van der Waals surface area contributed by atoms with E-state index in [9.17, 15) is 20.0 Å². The zero-order chi connectivity index (χ0) is 16.3. The summed E-state index contributed by atoms with van der Waals surface area (Å²) in [6, 6.07) is 4.53. The van der Waals surface area contributed by atoms with Crippen molar-refractivity contribution in [1.82, 2.24) is 0 Å². The molecule has 1 heterocycles. The van der Waals surface area contributed by atoms with E-state index in [2.05, 4.69) is 0 Å². The molecule has 0 saturated carbocycles. The van der Waals surface area contributed by atoms with Gasteiger partial charge in [-0.2, -0.15) is 0 Å². The maximum atomic E-state index is 12.1. The summed E-state index contributed by atoms with van der Waals surface area (Å²) in [5.74, 6) is -0.279. The summed E-state index contributed by atoms with van der Waals surface area (Å²) in [4.78, 5) is 24.6. The average molecular weight is 308 g/mol. The molecular weight excluding hydrogens is 288 g/mol. The number of esters is 1. The molecule has 0 spiro atoms. The number of aliphatic hydroxyl groups is 1. The van der Waals surface area contributed by atoms with Gasteiger partial charge >= 0.3 is 5.97 Å². The van der Waals surface area contributed by atoms with E-state index in [1.807, 2.05) is 11.8 Å². The van der Waals surface area contributed by atoms with Gasteiger partial charge < -0.3 is 14.7 Å². The predicted molar refractivity (Wildman–Crippen MR) is 80.6 cm³/mol. The van der Waals surface area contributed by atoms with Crippen molar-refractivity contribution in [3.05, 3.63) is 33.9 Å². The summed E-state index contributed by atoms with van der Waals surface area (Å²) < 4.78 is 5.10. The molecule has 7 nitrogen and oxygen atoms in total. The molecule has 2 rings (SSSR count). The molecule has 22 heavy (non-hydrogen) atoms. The third-order valence-corrected chi connectivity index (χ3v) is 4.00. The summed E-state index contributed by atoms with van der Waals surface area (Å²) in [6.45, 7) is 4.59. The number of hydrogen-bond acceptors (Lipinski definition) is 6. The molecule has 1 aromatic rings. The van der Waals surface area contributed by atoms with Crippen molar-refractivity contribution in [2.45, 2.75) is 26.9 Å². The van der Waals surface area contributed by atoms with E-state index in [1.165, 1.54) is 12.1 Å². The number of anilines is 1. The highest BCUT2D eigenvalue weighted by Crippen LogP contribution is 2.38. The van der Waals surface area contributed by atoms with Gasteiger partial charge in [-0.25, -0.2) is 0 Å². The van der Waals surface area contributed by atoms with Gasteiger partial charge in [0.1, 0.15) is 5.69 Å². The van der Waals surface area contributed by atoms with Gasteiger partial charge in [0.05, 0.1) is 23.6 Å². The van der Waals surface area contributed by atoms with Crippen LogP contribution in [0.4, 0.5) is 11.4 Å². The lowest BCUT2D eigenvalue weighted by Gasteiger charge is -2.23. The van der Waals surface area contributed by atoms with E-state index in [0.29, 0.717) is 37.4 Å². The molecule has 1 atom stereocenters. The Morgan fingerprint density at radius 2 is 2.27 bits per heavy atom. The van der Waals surface area contributed by atoms with E-state index in [4.69, 9.17) is 4.74 Å². The van der Waals surface area contributed by atoms with Crippen LogP contribution in [-0.2, 0) is 16.1 Å². The minimum atomic E-state index is -0.668. The molecule has 0 bridgehead atoms. The average Bonchev–Trinajstić information content (AvgIpc) is 2.90. The number of aliphatic hydroxyl groups excluding tert-OH is 1. The third kappa shape index (κ3) is 3.04. The van der Waals surface area contributed by atoms with Gasteiger partial charge in [0.15, 0.2) is 0 Å². The monoisotopic (exact) mass is 308 g/mol. The van der Waals surface area contributed by atoms with Crippen LogP contribution in [-0.4, -0.2) is 35.7 Å². The van der Waals surface area contributed by atoms with E-state index in [0.717, 1.165) is 0 Å². The van der Waals surface area contributed by atoms with Crippen LogP contribution in [0.1, 0.15) is 25.8 Å². The SMILES string of the molecule is CCOC(=O)C1(C)CCN(c2cc(CO)ccc2[N+](=O)[O-])C1. The van der Waals surface area contributed by atoms with Crippen molar-refractivity contribution >= 4 is 17.3 Å². The van der Waals surface area contributed by atoms with Crippen LogP contribution in [0, 0.1) is 15.5 Å². The predicted octanol–water partition coefficient (Wildman–Crippen LogP) is 1.87. The number of nitro benzene ring substituents is 1. The first-order chi connectivity index (χ1) is 10.4. The van der Waals surface area contributed by atoms with E-state index in [-0.39, 0.29) is 18.3 Å². The molecule has 7 heteroatoms. The van der Waals surface area contributed by atoms with Crippen LogP contribution in [0.2, 0.25) is 0 Å². The lowest BCUT2D eigenvalue weighted by Crippen LogP contribution is -2.33. The first kappa shape index (κ1) is 16.2. The van der Waals surface area contributed by atoms with E-state index in [1.54, 1.807) is 13.0 Å². The second-order valence-electron chi connectivity index (χ2n) is 5.69. The Hall–Kier alpha value is -2.15. The van der Waals surface area contributed by atoms with Gasteiger partial charge in [0, 0.05) is 19.2 Å². The lowest BCUT2D eigenvalue weighted by molar-refractivity contribution is -0.384. The first-order valence-corrected chi connectivity index (χ1v) is 7.21. The van der Waals surface area contributed by atoms with Gasteiger partial charge in [-0.1, -0.05) is 0 Å². The zero-order valence-corrected chi connectivity index (χ0v) is 12.7. The summed E-state index contributed by atoms with van der Waals surface area (Å²) in [6.07, 6.45) is 0.576. The fraction of sp³-hybridized carbons (Fsp3) is 0.533. The van der Waals surface area contributed by atoms with Crippen molar-refractivity contribution in [1.29, 1.82) is 0 Å². The molecule has 0 amide bonds. The Morgan fingerprint density at radius 1 is 1.55 bits per heavy atom. The quantitative estimate of drug-likeness (QED) is 0.507. The molecule has 120 valence electrons. The van der Waals surface area contributed by atoms with E-state index >= 15 is 0 Å². The number of carbonyl (C=O) groups is 1. The number of rotatable bonds is 5. The maximum Gasteiger partial charge on any atom is 0.313 e. The third-order valence-electron chi connectivity index (χ3n) is 4.00. The van der Waals surface area contributed by atoms with Crippen molar-refractivity contribution < 1.29 is 19.6 Å². The highest BCUT2D eigenvalue weighted by Gasteiger charge is 2.43. The van der Waals surface area contributed by atoms with Crippen LogP contribution in [0.3, 0.4) is 0 Å². The molecule has 1 N–H and O–H groups in total. The summed E-state index contributed by atoms with van der Waals surface area (Å²) >= 11 is 0. The number of nitro groups is 1. The highest BCUT2D eigenvalue weighted by molar-refractivity contribution is 5.79. The molecule has 0 radical (unpaired) electrons. The molecule has 1 aliphatic rings. The second-order valence-corrected chi connectivity index (χ2v) is 5.69. The normalized spacial score (nSPS) is 21.0. The van der Waals surface area contributed by atoms with Gasteiger partial charge in [-0.05, 0) is 38.0 Å². The smallest absolute Gasteiger partial charge is 0.313 e. The number of ether oxygens (including phenoxy) is 1. The number of carbonyl (C=O) groups excluding carboxylic acids is 1. The second kappa shape index (κ2) is 6.31. The molecule has 1 aromatic carbocycles. The molecular formula is C15H20N2O5. The number of hydrogen-bond donors (Lipinski definition) is 1. The minimum Gasteiger partial charge on any atom is -0.466 e. The molecule has 1 unspecified atom stereocenters. The van der Waals surface area contributed by atoms with Crippen molar-refractivity contribution in [2.75, 3.05) is 24.6 Å². The van der Waals surface area contributed by atoms with Crippen LogP contribution in [0.5, 0.6) is 0 Å². The first-order valence-electron chi connectivity index (χ1n) is 7.21. The molecule has 0 aromatic heterocycles. The number of benzene rings is 1. The van der Waals surface area contributed by atoms with Gasteiger partial charge in [-0.3, -0.25) is 14.9 Å². The lowest BCUT2D eigenvalue weighted by atomic mass is 9.90. The molecule has 0 aliphatic carbocycles. The maximum absolute atomic E-state index is 12.1. The molecule has 1 fully saturated rings. The number of nitrogens with zero attached hydrogens (tertiary/aromatic N) is 2. The molecule has 1 aliphatic heterocycles. The zero-order valence-electron chi connectivity index (χ0n) is 12.7. The fourth-order valence-electron chi connectivity index (χ4n) is 2.71. The Balaban J connectivity index is 2.30. The minimum absolute atomic E-state index is 0.0229. The van der Waals surface area contributed by atoms with Crippen LogP contribution >= 0.6 is 0 Å². The summed E-state index contributed by atoms with van der Waals surface area (Å²) in [5, 5.41) is 20.4. The van der Waals surface area contributed by atoms with E-state index < -0.39 is 10.3 Å². The van der Waals surface area contributed by atoms with Crippen molar-refractivity contribution in [3.63, 3.8) is 0 Å². The van der Waals surface area contributed by atoms with Gasteiger partial charge in [-0.15, -0.1) is 0 Å². The summed E-state index contributed by atoms with van der Waals surface area (Å²) in [5.41, 5.74) is 0.347. The fourth-order valence-corrected chi connectivity index (χ4v) is 2.71. The van der Waals surface area contributed by atoms with Crippen LogP contribution in [0.25, 0.3) is 0 Å². The Kier molecular flexibility index (Phi) is 4.65. The van der Waals surface area contributed by atoms with Crippen LogP contribution in [0.15, 0.2) is 18.2 Å². The van der Waals surface area contributed by atoms with Crippen molar-refractivity contribution in [2.24, 2.45) is 5.41 Å². The Labute approximate surface area is 128 Å². The topological polar surface area (TPSA) is 92.9 Å². The van der Waals surface area contributed by atoms with Gasteiger partial charge in [0.25, 0.3) is 5.69 Å². The Bertz CT molecular complexity index is 589. The molecule has 1 saturated heterocycles. The van der Waals surface area contributed by atoms with Gasteiger partial charge in [0.2, 0.25) is 0 Å². The van der Waals surface area contributed by atoms with Crippen LogP contribution < -0.4 is 4.90 Å². The summed E-state index contributed by atoms with van der Waals surface area (Å²) in [7, 11) is 0. The highest BCUT2D eigenvalue weighted by atomic mass is 16.6. The largest absolute Gasteiger partial charge is 0.466 e. The Morgan fingerprint density at radius 3 is 2.86 bits per heavy atom. The van der Waals surface area contributed by atoms with Crippen molar-refractivity contribution in [3.8, 4) is 0 Å². The standard InChI is InChI=1S/C15H20N2O5/c1-3-22-14(19)15(2)6-7-16(10-15)13-8-11(9-18)4-5-12(13)17(20)21/h4-5,8,18H,3,6-7,9-10H2,1-2H3.